The molecule has 0 atom stereocenters. The maximum atomic E-state index is 12.9. The summed E-state index contributed by atoms with van der Waals surface area (Å²) < 4.78 is 27.4. The second-order valence-electron chi connectivity index (χ2n) is 7.34. The van der Waals surface area contributed by atoms with E-state index in [1.807, 2.05) is 13.8 Å². The summed E-state index contributed by atoms with van der Waals surface area (Å²) in [5.74, 6) is 1.16. The Kier molecular flexibility index (Phi) is 4.37. The zero-order valence-electron chi connectivity index (χ0n) is 13.8. The van der Waals surface area contributed by atoms with Gasteiger partial charge in [-0.25, -0.2) is 13.4 Å². The Hall–Kier alpha value is -1.18. The first-order chi connectivity index (χ1) is 10.8. The molecule has 0 amide bonds. The second kappa shape index (κ2) is 6.03. The number of pyridine rings is 1. The van der Waals surface area contributed by atoms with Crippen molar-refractivity contribution in [2.45, 2.75) is 56.0 Å². The topological polar surface area (TPSA) is 88.3 Å². The van der Waals surface area contributed by atoms with Gasteiger partial charge < -0.3 is 11.1 Å². The third-order valence-corrected chi connectivity index (χ3v) is 6.88. The van der Waals surface area contributed by atoms with Gasteiger partial charge in [-0.15, -0.1) is 0 Å². The molecule has 3 fully saturated rings. The number of sulfonamides is 1. The minimum Gasteiger partial charge on any atom is -0.364 e. The third-order valence-electron chi connectivity index (χ3n) is 4.98. The summed E-state index contributed by atoms with van der Waals surface area (Å²) >= 11 is 0. The fourth-order valence-corrected chi connectivity index (χ4v) is 5.16. The van der Waals surface area contributed by atoms with Crippen molar-refractivity contribution in [1.29, 1.82) is 0 Å². The van der Waals surface area contributed by atoms with Crippen LogP contribution in [0.15, 0.2) is 23.2 Å². The van der Waals surface area contributed by atoms with Gasteiger partial charge in [0, 0.05) is 30.9 Å². The molecular formula is C16H26N4O2S. The molecule has 7 heteroatoms. The van der Waals surface area contributed by atoms with Gasteiger partial charge in [0.25, 0.3) is 0 Å². The van der Waals surface area contributed by atoms with E-state index in [2.05, 4.69) is 10.3 Å². The minimum absolute atomic E-state index is 0.166. The van der Waals surface area contributed by atoms with Crippen molar-refractivity contribution in [3.05, 3.63) is 18.3 Å². The molecule has 1 aliphatic carbocycles. The summed E-state index contributed by atoms with van der Waals surface area (Å²) in [7, 11) is -3.44. The molecule has 0 radical (unpaired) electrons. The lowest BCUT2D eigenvalue weighted by atomic mass is 9.82. The number of nitrogens with one attached hydrogen (secondary N) is 1. The highest BCUT2D eigenvalue weighted by Gasteiger charge is 2.40. The summed E-state index contributed by atoms with van der Waals surface area (Å²) in [6.07, 6.45) is 5.74. The average molecular weight is 338 g/mol. The Bertz CT molecular complexity index is 649. The van der Waals surface area contributed by atoms with E-state index in [-0.39, 0.29) is 16.5 Å². The van der Waals surface area contributed by atoms with E-state index >= 15 is 0 Å². The Labute approximate surface area is 138 Å². The maximum Gasteiger partial charge on any atom is 0.244 e. The van der Waals surface area contributed by atoms with Crippen molar-refractivity contribution in [1.82, 2.24) is 9.29 Å². The molecule has 3 aliphatic rings. The van der Waals surface area contributed by atoms with Gasteiger partial charge in [-0.1, -0.05) is 0 Å². The second-order valence-corrected chi connectivity index (χ2v) is 9.23. The van der Waals surface area contributed by atoms with E-state index in [4.69, 9.17) is 5.73 Å². The average Bonchev–Trinajstić information content (AvgIpc) is 2.56. The Balaban J connectivity index is 1.78. The first-order valence-electron chi connectivity index (χ1n) is 8.28. The molecule has 6 nitrogen and oxygen atoms in total. The number of aromatic nitrogens is 1. The zero-order valence-corrected chi connectivity index (χ0v) is 14.6. The summed E-state index contributed by atoms with van der Waals surface area (Å²) in [5, 5.41) is 3.21. The van der Waals surface area contributed by atoms with Gasteiger partial charge in [-0.05, 0) is 57.6 Å². The largest absolute Gasteiger partial charge is 0.364 e. The van der Waals surface area contributed by atoms with Crippen molar-refractivity contribution in [2.75, 3.05) is 18.4 Å². The lowest BCUT2D eigenvalue weighted by molar-refractivity contribution is 0.120. The predicted octanol–water partition coefficient (Wildman–Crippen LogP) is 1.79. The van der Waals surface area contributed by atoms with Crippen molar-refractivity contribution < 1.29 is 8.42 Å². The van der Waals surface area contributed by atoms with Gasteiger partial charge in [-0.3, -0.25) is 0 Å². The lowest BCUT2D eigenvalue weighted by Gasteiger charge is -2.44. The van der Waals surface area contributed by atoms with Crippen molar-refractivity contribution in [3.63, 3.8) is 0 Å². The van der Waals surface area contributed by atoms with E-state index in [0.717, 1.165) is 25.7 Å². The van der Waals surface area contributed by atoms with Crippen LogP contribution in [0.25, 0.3) is 0 Å². The molecule has 0 spiro atoms. The highest BCUT2D eigenvalue weighted by Crippen LogP contribution is 2.38. The van der Waals surface area contributed by atoms with Gasteiger partial charge in [0.15, 0.2) is 0 Å². The summed E-state index contributed by atoms with van der Waals surface area (Å²) in [6, 6.07) is 3.52. The van der Waals surface area contributed by atoms with Crippen LogP contribution >= 0.6 is 0 Å². The van der Waals surface area contributed by atoms with Gasteiger partial charge >= 0.3 is 0 Å². The van der Waals surface area contributed by atoms with E-state index in [1.165, 1.54) is 6.20 Å². The molecule has 3 heterocycles. The van der Waals surface area contributed by atoms with Crippen LogP contribution in [0.4, 0.5) is 5.82 Å². The van der Waals surface area contributed by atoms with Crippen LogP contribution in [0.2, 0.25) is 0 Å². The molecule has 0 aromatic carbocycles. The molecule has 2 bridgehead atoms. The maximum absolute atomic E-state index is 12.9. The van der Waals surface area contributed by atoms with Crippen molar-refractivity contribution in [3.8, 4) is 0 Å². The molecule has 1 aromatic rings. The Morgan fingerprint density at radius 1 is 1.30 bits per heavy atom. The highest BCUT2D eigenvalue weighted by molar-refractivity contribution is 7.89. The standard InChI is InChI=1S/C16H26N4O2S/c1-16(2,11-17)19-15-8-7-14(9-18-15)23(21,22)20-10-12-3-5-13(20)6-4-12/h7-9,12-13H,3-6,10-11,17H2,1-2H3,(H,18,19). The fraction of sp³-hybridized carbons (Fsp3) is 0.688. The van der Waals surface area contributed by atoms with E-state index in [9.17, 15) is 8.42 Å². The van der Waals surface area contributed by atoms with E-state index in [0.29, 0.717) is 24.8 Å². The molecule has 4 rings (SSSR count). The number of hydrogen-bond donors (Lipinski definition) is 2. The molecule has 2 saturated heterocycles. The number of hydrogen-bond acceptors (Lipinski definition) is 5. The number of rotatable bonds is 5. The molecule has 1 saturated carbocycles. The normalized spacial score (nSPS) is 25.5. The number of anilines is 1. The third kappa shape index (κ3) is 3.36. The number of nitrogens with two attached hydrogens (primary N) is 1. The molecule has 3 N–H and O–H groups in total. The highest BCUT2D eigenvalue weighted by atomic mass is 32.2. The van der Waals surface area contributed by atoms with Crippen molar-refractivity contribution in [2.24, 2.45) is 11.7 Å². The predicted molar refractivity (Wildman–Crippen MR) is 90.6 cm³/mol. The van der Waals surface area contributed by atoms with Crippen LogP contribution < -0.4 is 11.1 Å². The van der Waals surface area contributed by atoms with Crippen LogP contribution in [0, 0.1) is 5.92 Å². The van der Waals surface area contributed by atoms with E-state index < -0.39 is 10.0 Å². The van der Waals surface area contributed by atoms with Crippen LogP contribution in [-0.2, 0) is 10.0 Å². The zero-order chi connectivity index (χ0) is 16.7. The van der Waals surface area contributed by atoms with E-state index in [1.54, 1.807) is 16.4 Å². The van der Waals surface area contributed by atoms with Crippen LogP contribution in [0.3, 0.4) is 0 Å². The molecule has 128 valence electrons. The number of nitrogens with zero attached hydrogens (tertiary/aromatic N) is 2. The Morgan fingerprint density at radius 3 is 2.48 bits per heavy atom. The van der Waals surface area contributed by atoms with Gasteiger partial charge in [0.1, 0.15) is 10.7 Å². The Morgan fingerprint density at radius 2 is 2.00 bits per heavy atom. The van der Waals surface area contributed by atoms with Gasteiger partial charge in [0.05, 0.1) is 0 Å². The van der Waals surface area contributed by atoms with Crippen molar-refractivity contribution >= 4 is 15.8 Å². The van der Waals surface area contributed by atoms with Crippen LogP contribution in [-0.4, -0.2) is 42.4 Å². The fourth-order valence-electron chi connectivity index (χ4n) is 3.45. The number of fused-ring (bicyclic) bond motifs is 3. The minimum atomic E-state index is -3.44. The van der Waals surface area contributed by atoms with Crippen LogP contribution in [0.1, 0.15) is 39.5 Å². The molecular weight excluding hydrogens is 312 g/mol. The molecule has 0 unspecified atom stereocenters. The first-order valence-corrected chi connectivity index (χ1v) is 9.72. The van der Waals surface area contributed by atoms with Crippen LogP contribution in [0.5, 0.6) is 0 Å². The molecule has 1 aromatic heterocycles. The summed E-state index contributed by atoms with van der Waals surface area (Å²) in [6.45, 7) is 5.08. The quantitative estimate of drug-likeness (QED) is 0.854. The van der Waals surface area contributed by atoms with Gasteiger partial charge in [0.2, 0.25) is 10.0 Å². The molecule has 2 aliphatic heterocycles. The summed E-state index contributed by atoms with van der Waals surface area (Å²) in [5.41, 5.74) is 5.41. The first kappa shape index (κ1) is 16.7. The monoisotopic (exact) mass is 338 g/mol. The summed E-state index contributed by atoms with van der Waals surface area (Å²) in [4.78, 5) is 4.54. The van der Waals surface area contributed by atoms with Gasteiger partial charge in [-0.2, -0.15) is 4.31 Å². The number of piperidine rings is 2. The lowest BCUT2D eigenvalue weighted by Crippen LogP contribution is -2.50. The molecule has 23 heavy (non-hydrogen) atoms. The smallest absolute Gasteiger partial charge is 0.244 e. The SMILES string of the molecule is CC(C)(CN)Nc1ccc(S(=O)(=O)N2CC3CCC2CC3)cn1.